The number of carbonyl (C=O) groups excluding carboxylic acids is 1. The second-order valence-corrected chi connectivity index (χ2v) is 10.1. The minimum absolute atomic E-state index is 0.141. The Morgan fingerprint density at radius 1 is 1.14 bits per heavy atom. The zero-order chi connectivity index (χ0) is 24.4. The van der Waals surface area contributed by atoms with Gasteiger partial charge >= 0.3 is 0 Å². The molecule has 1 amide bonds. The molecule has 3 heterocycles. The van der Waals surface area contributed by atoms with Gasteiger partial charge in [0.2, 0.25) is 11.1 Å². The minimum Gasteiger partial charge on any atom is -0.324 e. The lowest BCUT2D eigenvalue weighted by molar-refractivity contribution is -0.119. The molecule has 35 heavy (non-hydrogen) atoms. The molecule has 0 fully saturated rings. The van der Waals surface area contributed by atoms with E-state index in [0.29, 0.717) is 16.7 Å². The van der Waals surface area contributed by atoms with E-state index in [1.807, 2.05) is 42.7 Å². The Labute approximate surface area is 211 Å². The summed E-state index contributed by atoms with van der Waals surface area (Å²) in [4.78, 5) is 17.8. The molecule has 0 radical (unpaired) electrons. The Kier molecular flexibility index (Phi) is 6.74. The summed E-state index contributed by atoms with van der Waals surface area (Å²) < 4.78 is 2.13. The van der Waals surface area contributed by atoms with Crippen LogP contribution in [-0.4, -0.2) is 36.1 Å². The zero-order valence-corrected chi connectivity index (χ0v) is 21.3. The van der Waals surface area contributed by atoms with Crippen LogP contribution in [-0.2, 0) is 11.3 Å². The van der Waals surface area contributed by atoms with Crippen LogP contribution in [0.2, 0.25) is 0 Å². The molecular weight excluding hydrogens is 478 g/mol. The summed E-state index contributed by atoms with van der Waals surface area (Å²) in [5.74, 6) is -0.141. The van der Waals surface area contributed by atoms with Gasteiger partial charge in [-0.1, -0.05) is 78.5 Å². The number of amides is 1. The molecule has 2 N–H and O–H groups in total. The third-order valence-corrected chi connectivity index (χ3v) is 7.73. The Morgan fingerprint density at radius 2 is 1.94 bits per heavy atom. The van der Waals surface area contributed by atoms with Crippen LogP contribution in [0.15, 0.2) is 64.2 Å². The molecule has 5 rings (SSSR count). The molecule has 8 nitrogen and oxygen atoms in total. The van der Waals surface area contributed by atoms with E-state index in [-0.39, 0.29) is 11.2 Å². The van der Waals surface area contributed by atoms with E-state index in [4.69, 9.17) is 4.98 Å². The predicted octanol–water partition coefficient (Wildman–Crippen LogP) is 4.90. The molecule has 0 aliphatic carbocycles. The molecule has 1 atom stereocenters. The maximum atomic E-state index is 13.0. The van der Waals surface area contributed by atoms with Crippen molar-refractivity contribution in [2.24, 2.45) is 5.10 Å². The first-order valence-corrected chi connectivity index (χ1v) is 13.2. The highest BCUT2D eigenvalue weighted by Gasteiger charge is 2.23. The van der Waals surface area contributed by atoms with Crippen molar-refractivity contribution in [1.29, 1.82) is 0 Å². The third-order valence-electron chi connectivity index (χ3n) is 5.74. The lowest BCUT2D eigenvalue weighted by Gasteiger charge is -2.17. The number of hydrogen-bond acceptors (Lipinski definition) is 8. The molecule has 1 aliphatic rings. The van der Waals surface area contributed by atoms with Crippen LogP contribution in [0.5, 0.6) is 0 Å². The van der Waals surface area contributed by atoms with Crippen molar-refractivity contribution in [2.45, 2.75) is 44.1 Å². The summed E-state index contributed by atoms with van der Waals surface area (Å²) in [7, 11) is 0. The lowest BCUT2D eigenvalue weighted by Crippen LogP contribution is -2.37. The number of carbonyl (C=O) groups is 1. The van der Waals surface area contributed by atoms with Gasteiger partial charge in [0.15, 0.2) is 10.8 Å². The molecule has 10 heteroatoms. The summed E-state index contributed by atoms with van der Waals surface area (Å²) >= 11 is 2.70. The number of thioether (sulfide) groups is 2. The molecule has 178 valence electrons. The first-order chi connectivity index (χ1) is 17.1. The maximum absolute atomic E-state index is 13.0. The molecule has 2 aromatic heterocycles. The van der Waals surface area contributed by atoms with Crippen molar-refractivity contribution >= 4 is 62.4 Å². The van der Waals surface area contributed by atoms with Crippen molar-refractivity contribution < 1.29 is 4.79 Å². The maximum Gasteiger partial charge on any atom is 0.239 e. The monoisotopic (exact) mass is 503 g/mol. The number of benzene rings is 2. The van der Waals surface area contributed by atoms with Crippen LogP contribution in [0.1, 0.15) is 31.4 Å². The van der Waals surface area contributed by atoms with Gasteiger partial charge in [0.25, 0.3) is 0 Å². The summed E-state index contributed by atoms with van der Waals surface area (Å²) in [6, 6.07) is 16.3. The van der Waals surface area contributed by atoms with Crippen LogP contribution in [0.25, 0.3) is 27.8 Å². The van der Waals surface area contributed by atoms with Crippen LogP contribution in [0.3, 0.4) is 0 Å². The van der Waals surface area contributed by atoms with Gasteiger partial charge in [-0.3, -0.25) is 10.2 Å². The highest BCUT2D eigenvalue weighted by Crippen LogP contribution is 2.29. The first kappa shape index (κ1) is 23.4. The van der Waals surface area contributed by atoms with Crippen LogP contribution >= 0.6 is 23.5 Å². The molecule has 0 saturated heterocycles. The zero-order valence-electron chi connectivity index (χ0n) is 19.6. The normalized spacial score (nSPS) is 14.4. The van der Waals surface area contributed by atoms with Gasteiger partial charge < -0.3 is 9.88 Å². The Morgan fingerprint density at radius 3 is 2.66 bits per heavy atom. The van der Waals surface area contributed by atoms with Gasteiger partial charge in [-0.25, -0.2) is 4.98 Å². The second kappa shape index (κ2) is 10.1. The topological polar surface area (TPSA) is 97.1 Å². The van der Waals surface area contributed by atoms with Crippen LogP contribution in [0, 0.1) is 6.92 Å². The van der Waals surface area contributed by atoms with Crippen molar-refractivity contribution in [2.75, 3.05) is 0 Å². The largest absolute Gasteiger partial charge is 0.324 e. The van der Waals surface area contributed by atoms with Gasteiger partial charge in [-0.2, -0.15) is 0 Å². The predicted molar refractivity (Wildman–Crippen MR) is 144 cm³/mol. The fourth-order valence-electron chi connectivity index (χ4n) is 3.90. The number of para-hydroxylation sites is 1. The van der Waals surface area contributed by atoms with Gasteiger partial charge in [0, 0.05) is 22.9 Å². The van der Waals surface area contributed by atoms with E-state index in [0.717, 1.165) is 39.9 Å². The Hall–Kier alpha value is -3.37. The van der Waals surface area contributed by atoms with E-state index in [1.165, 1.54) is 29.1 Å². The van der Waals surface area contributed by atoms with Gasteiger partial charge in [-0.15, -0.1) is 15.3 Å². The van der Waals surface area contributed by atoms with Gasteiger partial charge in [-0.05, 0) is 26.3 Å². The number of nitrogens with zero attached hydrogens (tertiary/aromatic N) is 5. The molecule has 0 spiro atoms. The van der Waals surface area contributed by atoms with E-state index >= 15 is 0 Å². The third kappa shape index (κ3) is 4.76. The summed E-state index contributed by atoms with van der Waals surface area (Å²) in [5.41, 5.74) is 8.82. The molecule has 0 bridgehead atoms. The summed E-state index contributed by atoms with van der Waals surface area (Å²) in [5, 5.41) is 19.6. The van der Waals surface area contributed by atoms with Crippen molar-refractivity contribution in [3.05, 3.63) is 65.1 Å². The summed E-state index contributed by atoms with van der Waals surface area (Å²) in [6.45, 7) is 6.87. The van der Waals surface area contributed by atoms with Crippen LogP contribution < -0.4 is 10.7 Å². The second-order valence-electron chi connectivity index (χ2n) is 8.08. The molecule has 1 unspecified atom stereocenters. The average molecular weight is 504 g/mol. The fraction of sp³-hybridized carbons (Fsp3) is 0.240. The van der Waals surface area contributed by atoms with E-state index in [1.54, 1.807) is 0 Å². The number of amidine groups is 1. The number of rotatable bonds is 6. The van der Waals surface area contributed by atoms with E-state index < -0.39 is 0 Å². The Balaban J connectivity index is 1.28. The first-order valence-electron chi connectivity index (χ1n) is 11.4. The standard InChI is InChI=1S/C25H25N7OS2/c1-4-20(23(33)27-24-30-28-18(14-34-24)16-12-10-15(3)11-13-16)35-25-26-22-21(29-31-25)17-8-6-7-9-19(17)32(22)5-2/h6-14,20,28H,4-5H2,1-3H3,(H,27,30,33). The average Bonchev–Trinajstić information content (AvgIpc) is 3.21. The number of fused-ring (bicyclic) bond motifs is 3. The van der Waals surface area contributed by atoms with Crippen LogP contribution in [0.4, 0.5) is 0 Å². The Bertz CT molecular complexity index is 1460. The fourth-order valence-corrected chi connectivity index (χ4v) is 5.39. The molecular formula is C25H25N7OS2. The molecule has 1 aliphatic heterocycles. The quantitative estimate of drug-likeness (QED) is 0.361. The van der Waals surface area contributed by atoms with E-state index in [9.17, 15) is 4.79 Å². The molecule has 0 saturated carbocycles. The highest BCUT2D eigenvalue weighted by molar-refractivity contribution is 8.16. The lowest BCUT2D eigenvalue weighted by atomic mass is 10.1. The number of hydrazone groups is 1. The highest BCUT2D eigenvalue weighted by atomic mass is 32.2. The van der Waals surface area contributed by atoms with Crippen molar-refractivity contribution in [1.82, 2.24) is 30.5 Å². The minimum atomic E-state index is -0.375. The number of nitrogens with one attached hydrogen (secondary N) is 2. The van der Waals surface area contributed by atoms with Crippen molar-refractivity contribution in [3.63, 3.8) is 0 Å². The smallest absolute Gasteiger partial charge is 0.239 e. The van der Waals surface area contributed by atoms with Crippen molar-refractivity contribution in [3.8, 4) is 0 Å². The van der Waals surface area contributed by atoms with E-state index in [2.05, 4.69) is 62.7 Å². The van der Waals surface area contributed by atoms with Gasteiger partial charge in [0.1, 0.15) is 5.52 Å². The molecule has 4 aromatic rings. The molecule has 2 aromatic carbocycles. The van der Waals surface area contributed by atoms with Gasteiger partial charge in [0.05, 0.1) is 16.5 Å². The summed E-state index contributed by atoms with van der Waals surface area (Å²) in [6.07, 6.45) is 0.616. The SMILES string of the molecule is CCC(Sc1nnc2c3ccccc3n(CC)c2n1)C(=O)NC1=NNC(c2ccc(C)cc2)=CS1. The number of hydrogen-bond donors (Lipinski definition) is 2. The number of aromatic nitrogens is 4. The number of aryl methyl sites for hydroxylation is 2.